The fraction of sp³-hybridized carbons (Fsp3) is 0.833. The number of carboxylic acid groups (broad SMARTS) is 2. The largest absolute Gasteiger partial charge is 0.481 e. The van der Waals surface area contributed by atoms with Crippen molar-refractivity contribution in [1.29, 1.82) is 0 Å². The molecule has 0 bridgehead atoms. The van der Waals surface area contributed by atoms with Gasteiger partial charge in [0, 0.05) is 26.1 Å². The molecule has 0 heterocycles. The lowest BCUT2D eigenvalue weighted by Gasteiger charge is -1.95. The van der Waals surface area contributed by atoms with Crippen LogP contribution in [-0.2, 0) is 14.3 Å². The Balaban J connectivity index is 0. The Labute approximate surface area is 103 Å². The summed E-state index contributed by atoms with van der Waals surface area (Å²) in [7, 11) is 0. The van der Waals surface area contributed by atoms with Crippen LogP contribution in [0.15, 0.2) is 0 Å². The molecule has 102 valence electrons. The lowest BCUT2D eigenvalue weighted by atomic mass is 10.2. The van der Waals surface area contributed by atoms with Crippen molar-refractivity contribution >= 4 is 11.9 Å². The summed E-state index contributed by atoms with van der Waals surface area (Å²) in [6, 6.07) is 0. The molecule has 5 heteroatoms. The zero-order valence-electron chi connectivity index (χ0n) is 10.8. The summed E-state index contributed by atoms with van der Waals surface area (Å²) >= 11 is 0. The molecule has 0 aromatic rings. The highest BCUT2D eigenvalue weighted by Crippen LogP contribution is 1.98. The Morgan fingerprint density at radius 1 is 0.882 bits per heavy atom. The number of carboxylic acids is 2. The van der Waals surface area contributed by atoms with Gasteiger partial charge in [-0.05, 0) is 25.7 Å². The molecule has 0 amide bonds. The third kappa shape index (κ3) is 25.3. The van der Waals surface area contributed by atoms with Gasteiger partial charge in [0.15, 0.2) is 0 Å². The van der Waals surface area contributed by atoms with Crippen LogP contribution in [0.4, 0.5) is 0 Å². The van der Waals surface area contributed by atoms with E-state index in [2.05, 4.69) is 13.8 Å². The summed E-state index contributed by atoms with van der Waals surface area (Å²) in [5.41, 5.74) is 0. The van der Waals surface area contributed by atoms with Gasteiger partial charge in [-0.2, -0.15) is 0 Å². The number of carbonyl (C=O) groups is 2. The summed E-state index contributed by atoms with van der Waals surface area (Å²) < 4.78 is 5.13. The van der Waals surface area contributed by atoms with E-state index >= 15 is 0 Å². The maximum Gasteiger partial charge on any atom is 0.303 e. The second-order valence-corrected chi connectivity index (χ2v) is 3.61. The first-order valence-corrected chi connectivity index (χ1v) is 6.05. The standard InChI is InChI=1S/C6H10O4.C6H14O/c7-5(8)3-1-2-4-6(9)10;1-3-5-7-6-4-2/h1-4H2,(H,7,8)(H,9,10);3-6H2,1-2H3. The summed E-state index contributed by atoms with van der Waals surface area (Å²) in [6.07, 6.45) is 3.30. The van der Waals surface area contributed by atoms with Gasteiger partial charge in [-0.25, -0.2) is 0 Å². The Bertz CT molecular complexity index is 171. The Morgan fingerprint density at radius 2 is 1.24 bits per heavy atom. The molecule has 0 aliphatic heterocycles. The van der Waals surface area contributed by atoms with Crippen molar-refractivity contribution in [2.45, 2.75) is 52.4 Å². The number of hydrogen-bond donors (Lipinski definition) is 2. The molecule has 5 nitrogen and oxygen atoms in total. The van der Waals surface area contributed by atoms with E-state index in [1.54, 1.807) is 0 Å². The van der Waals surface area contributed by atoms with Crippen molar-refractivity contribution in [2.75, 3.05) is 13.2 Å². The van der Waals surface area contributed by atoms with Gasteiger partial charge in [0.05, 0.1) is 0 Å². The minimum atomic E-state index is -0.870. The van der Waals surface area contributed by atoms with Crippen LogP contribution in [0.5, 0.6) is 0 Å². The molecule has 0 rings (SSSR count). The first-order chi connectivity index (χ1) is 8.04. The quantitative estimate of drug-likeness (QED) is 0.612. The first-order valence-electron chi connectivity index (χ1n) is 6.05. The van der Waals surface area contributed by atoms with Crippen LogP contribution in [0.25, 0.3) is 0 Å². The summed E-state index contributed by atoms with van der Waals surface area (Å²) in [4.78, 5) is 19.8. The van der Waals surface area contributed by atoms with Gasteiger partial charge in [0.25, 0.3) is 0 Å². The van der Waals surface area contributed by atoms with Crippen molar-refractivity contribution in [3.05, 3.63) is 0 Å². The Kier molecular flexibility index (Phi) is 16.0. The van der Waals surface area contributed by atoms with Crippen molar-refractivity contribution in [2.24, 2.45) is 0 Å². The summed E-state index contributed by atoms with van der Waals surface area (Å²) in [5, 5.41) is 16.3. The molecule has 17 heavy (non-hydrogen) atoms. The van der Waals surface area contributed by atoms with E-state index < -0.39 is 11.9 Å². The number of unbranched alkanes of at least 4 members (excludes halogenated alkanes) is 1. The van der Waals surface area contributed by atoms with E-state index in [0.29, 0.717) is 12.8 Å². The third-order valence-electron chi connectivity index (χ3n) is 1.73. The van der Waals surface area contributed by atoms with E-state index in [4.69, 9.17) is 14.9 Å². The third-order valence-corrected chi connectivity index (χ3v) is 1.73. The molecule has 0 radical (unpaired) electrons. The van der Waals surface area contributed by atoms with Crippen molar-refractivity contribution in [1.82, 2.24) is 0 Å². The average Bonchev–Trinajstić information content (AvgIpc) is 2.26. The molecule has 2 N–H and O–H groups in total. The molecule has 0 aromatic heterocycles. The molecular weight excluding hydrogens is 224 g/mol. The van der Waals surface area contributed by atoms with Gasteiger partial charge in [-0.3, -0.25) is 9.59 Å². The van der Waals surface area contributed by atoms with Crippen LogP contribution in [0, 0.1) is 0 Å². The fourth-order valence-electron chi connectivity index (χ4n) is 0.943. The minimum Gasteiger partial charge on any atom is -0.481 e. The molecule has 0 aliphatic carbocycles. The fourth-order valence-corrected chi connectivity index (χ4v) is 0.943. The molecule has 0 atom stereocenters. The molecule has 0 saturated carbocycles. The summed E-state index contributed by atoms with van der Waals surface area (Å²) in [6.45, 7) is 6.09. The first kappa shape index (κ1) is 18.3. The second kappa shape index (κ2) is 14.9. The van der Waals surface area contributed by atoms with Crippen molar-refractivity contribution in [3.63, 3.8) is 0 Å². The van der Waals surface area contributed by atoms with Gasteiger partial charge >= 0.3 is 11.9 Å². The van der Waals surface area contributed by atoms with E-state index in [9.17, 15) is 9.59 Å². The number of ether oxygens (including phenoxy) is 1. The van der Waals surface area contributed by atoms with Gasteiger partial charge in [0.2, 0.25) is 0 Å². The van der Waals surface area contributed by atoms with Gasteiger partial charge < -0.3 is 14.9 Å². The topological polar surface area (TPSA) is 83.8 Å². The monoisotopic (exact) mass is 248 g/mol. The normalized spacial score (nSPS) is 9.29. The highest BCUT2D eigenvalue weighted by Gasteiger charge is 1.99. The highest BCUT2D eigenvalue weighted by molar-refractivity contribution is 5.67. The lowest BCUT2D eigenvalue weighted by molar-refractivity contribution is -0.139. The molecule has 0 saturated heterocycles. The lowest BCUT2D eigenvalue weighted by Crippen LogP contribution is -1.97. The molecule has 0 unspecified atom stereocenters. The van der Waals surface area contributed by atoms with Crippen molar-refractivity contribution in [3.8, 4) is 0 Å². The summed E-state index contributed by atoms with van der Waals surface area (Å²) in [5.74, 6) is -1.74. The Morgan fingerprint density at radius 3 is 1.47 bits per heavy atom. The number of hydrogen-bond acceptors (Lipinski definition) is 3. The van der Waals surface area contributed by atoms with Crippen LogP contribution in [0.2, 0.25) is 0 Å². The second-order valence-electron chi connectivity index (χ2n) is 3.61. The number of rotatable bonds is 9. The highest BCUT2D eigenvalue weighted by atomic mass is 16.5. The average molecular weight is 248 g/mol. The molecule has 0 spiro atoms. The van der Waals surface area contributed by atoms with Crippen LogP contribution in [0.3, 0.4) is 0 Å². The molecule has 0 aliphatic rings. The van der Waals surface area contributed by atoms with Crippen LogP contribution >= 0.6 is 0 Å². The predicted octanol–water partition coefficient (Wildman–Crippen LogP) is 2.54. The molecular formula is C12H24O5. The zero-order valence-corrected chi connectivity index (χ0v) is 10.8. The molecule has 0 aromatic carbocycles. The van der Waals surface area contributed by atoms with Gasteiger partial charge in [-0.1, -0.05) is 13.8 Å². The molecule has 0 fully saturated rings. The van der Waals surface area contributed by atoms with Gasteiger partial charge in [-0.15, -0.1) is 0 Å². The maximum atomic E-state index is 9.90. The van der Waals surface area contributed by atoms with E-state index in [1.807, 2.05) is 0 Å². The smallest absolute Gasteiger partial charge is 0.303 e. The Hall–Kier alpha value is -1.10. The van der Waals surface area contributed by atoms with Gasteiger partial charge in [0.1, 0.15) is 0 Å². The van der Waals surface area contributed by atoms with Crippen molar-refractivity contribution < 1.29 is 24.5 Å². The van der Waals surface area contributed by atoms with Crippen LogP contribution in [-0.4, -0.2) is 35.4 Å². The van der Waals surface area contributed by atoms with E-state index in [0.717, 1.165) is 26.1 Å². The SMILES string of the molecule is CCCOCCC.O=C(O)CCCCC(=O)O. The van der Waals surface area contributed by atoms with E-state index in [-0.39, 0.29) is 12.8 Å². The predicted molar refractivity (Wildman–Crippen MR) is 65.1 cm³/mol. The van der Waals surface area contributed by atoms with E-state index in [1.165, 1.54) is 0 Å². The number of aliphatic carboxylic acids is 2. The maximum absolute atomic E-state index is 9.90. The van der Waals surface area contributed by atoms with Crippen LogP contribution in [0.1, 0.15) is 52.4 Å². The minimum absolute atomic E-state index is 0.0628. The zero-order chi connectivity index (χ0) is 13.5. The van der Waals surface area contributed by atoms with Crippen LogP contribution < -0.4 is 0 Å².